The molecule has 0 aliphatic rings. The molecule has 0 spiro atoms. The predicted molar refractivity (Wildman–Crippen MR) is 79.1 cm³/mol. The first kappa shape index (κ1) is 12.5. The zero-order chi connectivity index (χ0) is 13.9. The van der Waals surface area contributed by atoms with Crippen molar-refractivity contribution >= 4 is 11.2 Å². The highest BCUT2D eigenvalue weighted by molar-refractivity contribution is 5.45. The Morgan fingerprint density at radius 2 is 2.00 bits per heavy atom. The number of nitrogens with zero attached hydrogens (tertiary/aromatic N) is 3. The van der Waals surface area contributed by atoms with Gasteiger partial charge in [-0.25, -0.2) is 4.52 Å². The third kappa shape index (κ3) is 2.42. The maximum atomic E-state index is 12.3. The molecule has 0 fully saturated rings. The van der Waals surface area contributed by atoms with Crippen molar-refractivity contribution in [2.75, 3.05) is 11.9 Å². The van der Waals surface area contributed by atoms with Crippen LogP contribution in [0.3, 0.4) is 0 Å². The van der Waals surface area contributed by atoms with E-state index in [4.69, 9.17) is 0 Å². The van der Waals surface area contributed by atoms with Crippen molar-refractivity contribution in [2.24, 2.45) is 0 Å². The second-order valence-corrected chi connectivity index (χ2v) is 4.71. The average Bonchev–Trinajstić information content (AvgIpc) is 2.84. The van der Waals surface area contributed by atoms with Crippen LogP contribution < -0.4 is 10.9 Å². The number of hydrogen-bond donors (Lipinski definition) is 1. The molecule has 0 amide bonds. The van der Waals surface area contributed by atoms with Gasteiger partial charge in [-0.15, -0.1) is 0 Å². The molecule has 5 nitrogen and oxygen atoms in total. The molecule has 2 heterocycles. The zero-order valence-corrected chi connectivity index (χ0v) is 11.3. The van der Waals surface area contributed by atoms with E-state index in [0.29, 0.717) is 18.6 Å². The van der Waals surface area contributed by atoms with Gasteiger partial charge in [-0.2, -0.15) is 5.10 Å². The lowest BCUT2D eigenvalue weighted by Crippen LogP contribution is -2.24. The Balaban J connectivity index is 1.75. The summed E-state index contributed by atoms with van der Waals surface area (Å²) >= 11 is 0. The summed E-state index contributed by atoms with van der Waals surface area (Å²) in [7, 11) is 0. The Morgan fingerprint density at radius 3 is 2.80 bits per heavy atom. The van der Waals surface area contributed by atoms with Crippen LogP contribution in [0.5, 0.6) is 0 Å². The lowest BCUT2D eigenvalue weighted by atomic mass is 10.3. The lowest BCUT2D eigenvalue weighted by Gasteiger charge is -2.08. The number of aromatic nitrogens is 3. The summed E-state index contributed by atoms with van der Waals surface area (Å²) in [5, 5.41) is 7.52. The molecule has 0 radical (unpaired) electrons. The van der Waals surface area contributed by atoms with Gasteiger partial charge in [-0.05, 0) is 25.1 Å². The number of fused-ring (bicyclic) bond motifs is 1. The Morgan fingerprint density at radius 1 is 1.20 bits per heavy atom. The van der Waals surface area contributed by atoms with Gasteiger partial charge >= 0.3 is 0 Å². The van der Waals surface area contributed by atoms with Crippen LogP contribution in [0, 0.1) is 6.92 Å². The first-order chi connectivity index (χ1) is 9.74. The monoisotopic (exact) mass is 268 g/mol. The molecule has 0 saturated carbocycles. The van der Waals surface area contributed by atoms with Crippen molar-refractivity contribution in [1.82, 2.24) is 14.2 Å². The summed E-state index contributed by atoms with van der Waals surface area (Å²) in [4.78, 5) is 12.3. The molecule has 3 aromatic rings. The van der Waals surface area contributed by atoms with Crippen LogP contribution in [0.1, 0.15) is 5.69 Å². The quantitative estimate of drug-likeness (QED) is 0.786. The molecular weight excluding hydrogens is 252 g/mol. The van der Waals surface area contributed by atoms with Crippen molar-refractivity contribution in [3.63, 3.8) is 0 Å². The summed E-state index contributed by atoms with van der Waals surface area (Å²) in [5.74, 6) is 0. The minimum atomic E-state index is -0.0111. The fourth-order valence-corrected chi connectivity index (χ4v) is 2.20. The molecule has 102 valence electrons. The van der Waals surface area contributed by atoms with Crippen LogP contribution in [-0.2, 0) is 6.54 Å². The second kappa shape index (κ2) is 5.21. The van der Waals surface area contributed by atoms with Crippen molar-refractivity contribution < 1.29 is 0 Å². The van der Waals surface area contributed by atoms with Crippen LogP contribution in [-0.4, -0.2) is 20.7 Å². The first-order valence-electron chi connectivity index (χ1n) is 6.58. The highest BCUT2D eigenvalue weighted by Gasteiger charge is 2.04. The summed E-state index contributed by atoms with van der Waals surface area (Å²) in [6.45, 7) is 3.20. The Kier molecular flexibility index (Phi) is 3.25. The second-order valence-electron chi connectivity index (χ2n) is 4.71. The number of benzene rings is 1. The Hall–Kier alpha value is -2.56. The highest BCUT2D eigenvalue weighted by atomic mass is 16.1. The Bertz CT molecular complexity index is 773. The summed E-state index contributed by atoms with van der Waals surface area (Å²) in [5.41, 5.74) is 2.51. The molecule has 0 aliphatic heterocycles. The molecule has 0 saturated heterocycles. The van der Waals surface area contributed by atoms with E-state index in [1.54, 1.807) is 15.3 Å². The van der Waals surface area contributed by atoms with Gasteiger partial charge in [0.05, 0.1) is 5.69 Å². The van der Waals surface area contributed by atoms with Crippen LogP contribution >= 0.6 is 0 Å². The minimum Gasteiger partial charge on any atom is -0.383 e. The highest BCUT2D eigenvalue weighted by Crippen LogP contribution is 2.04. The van der Waals surface area contributed by atoms with E-state index < -0.39 is 0 Å². The molecular formula is C15H16N4O. The third-order valence-electron chi connectivity index (χ3n) is 3.18. The van der Waals surface area contributed by atoms with Gasteiger partial charge < -0.3 is 9.88 Å². The van der Waals surface area contributed by atoms with E-state index >= 15 is 0 Å². The number of aryl methyl sites for hydroxylation is 1. The summed E-state index contributed by atoms with van der Waals surface area (Å²) in [6.07, 6.45) is 3.58. The van der Waals surface area contributed by atoms with E-state index in [9.17, 15) is 4.79 Å². The standard InChI is InChI=1S/C15H16N4O/c1-12-11-14-15(20)18(9-10-19(14)17-12)8-7-16-13-5-3-2-4-6-13/h2-6,9-11,16H,7-8H2,1H3. The first-order valence-corrected chi connectivity index (χ1v) is 6.58. The molecule has 2 aromatic heterocycles. The van der Waals surface area contributed by atoms with Crippen LogP contribution in [0.25, 0.3) is 5.52 Å². The molecule has 0 bridgehead atoms. The van der Waals surface area contributed by atoms with Gasteiger partial charge in [0, 0.05) is 31.2 Å². The van der Waals surface area contributed by atoms with Gasteiger partial charge in [0.1, 0.15) is 5.52 Å². The van der Waals surface area contributed by atoms with E-state index in [1.807, 2.05) is 49.5 Å². The van der Waals surface area contributed by atoms with Crippen LogP contribution in [0.4, 0.5) is 5.69 Å². The smallest absolute Gasteiger partial charge is 0.276 e. The molecule has 5 heteroatoms. The molecule has 20 heavy (non-hydrogen) atoms. The fourth-order valence-electron chi connectivity index (χ4n) is 2.20. The third-order valence-corrected chi connectivity index (χ3v) is 3.18. The topological polar surface area (TPSA) is 51.3 Å². The number of nitrogens with one attached hydrogen (secondary N) is 1. The number of rotatable bonds is 4. The molecule has 3 rings (SSSR count). The molecule has 0 unspecified atom stereocenters. The molecule has 0 aliphatic carbocycles. The maximum absolute atomic E-state index is 12.3. The number of para-hydroxylation sites is 1. The van der Waals surface area contributed by atoms with E-state index in [-0.39, 0.29) is 5.56 Å². The summed E-state index contributed by atoms with van der Waals surface area (Å²) in [6, 6.07) is 11.8. The maximum Gasteiger partial charge on any atom is 0.276 e. The van der Waals surface area contributed by atoms with Gasteiger partial charge in [0.2, 0.25) is 0 Å². The number of hydrogen-bond acceptors (Lipinski definition) is 3. The lowest BCUT2D eigenvalue weighted by molar-refractivity contribution is 0.688. The van der Waals surface area contributed by atoms with E-state index in [2.05, 4.69) is 10.4 Å². The van der Waals surface area contributed by atoms with E-state index in [1.165, 1.54) is 0 Å². The normalized spacial score (nSPS) is 10.8. The number of anilines is 1. The van der Waals surface area contributed by atoms with Gasteiger partial charge in [0.25, 0.3) is 5.56 Å². The van der Waals surface area contributed by atoms with Crippen molar-refractivity contribution in [1.29, 1.82) is 0 Å². The predicted octanol–water partition coefficient (Wildman–Crippen LogP) is 1.92. The summed E-state index contributed by atoms with van der Waals surface area (Å²) < 4.78 is 3.32. The molecule has 1 aromatic carbocycles. The van der Waals surface area contributed by atoms with Crippen LogP contribution in [0.15, 0.2) is 53.6 Å². The van der Waals surface area contributed by atoms with Crippen molar-refractivity contribution in [3.05, 3.63) is 64.8 Å². The zero-order valence-electron chi connectivity index (χ0n) is 11.3. The van der Waals surface area contributed by atoms with Gasteiger partial charge in [0.15, 0.2) is 0 Å². The Labute approximate surface area is 116 Å². The largest absolute Gasteiger partial charge is 0.383 e. The SMILES string of the molecule is Cc1cc2c(=O)n(CCNc3ccccc3)ccn2n1. The van der Waals surface area contributed by atoms with Crippen molar-refractivity contribution in [3.8, 4) is 0 Å². The van der Waals surface area contributed by atoms with E-state index in [0.717, 1.165) is 11.4 Å². The fraction of sp³-hybridized carbons (Fsp3) is 0.200. The van der Waals surface area contributed by atoms with Crippen molar-refractivity contribution in [2.45, 2.75) is 13.5 Å². The molecule has 1 N–H and O–H groups in total. The molecule has 0 atom stereocenters. The minimum absolute atomic E-state index is 0.0111. The average molecular weight is 268 g/mol. The van der Waals surface area contributed by atoms with Crippen LogP contribution in [0.2, 0.25) is 0 Å². The van der Waals surface area contributed by atoms with Gasteiger partial charge in [-0.3, -0.25) is 4.79 Å². The van der Waals surface area contributed by atoms with Gasteiger partial charge in [-0.1, -0.05) is 18.2 Å².